The van der Waals surface area contributed by atoms with Crippen LogP contribution in [0.2, 0.25) is 0 Å². The first kappa shape index (κ1) is 15.2. The third-order valence-corrected chi connectivity index (χ3v) is 4.99. The largest absolute Gasteiger partial charge is 0.351 e. The fourth-order valence-corrected chi connectivity index (χ4v) is 3.21. The zero-order valence-electron chi connectivity index (χ0n) is 10.4. The number of sulfonamides is 1. The molecule has 0 saturated carbocycles. The van der Waals surface area contributed by atoms with E-state index in [4.69, 9.17) is 5.14 Å². The molecule has 0 unspecified atom stereocenters. The minimum Gasteiger partial charge on any atom is -0.351 e. The number of H-pyrrole nitrogens is 1. The topological polar surface area (TPSA) is 148 Å². The third kappa shape index (κ3) is 3.65. The number of aromatic nitrogens is 1. The number of carbonyl (C=O) groups excluding carboxylic acids is 1. The molecule has 0 aliphatic carbocycles. The lowest BCUT2D eigenvalue weighted by molar-refractivity contribution is -0.384. The van der Waals surface area contributed by atoms with Crippen LogP contribution in [0.25, 0.3) is 0 Å². The number of carbonyl (C=O) groups is 1. The Morgan fingerprint density at radius 1 is 1.48 bits per heavy atom. The number of thiophene rings is 1. The molecule has 21 heavy (non-hydrogen) atoms. The van der Waals surface area contributed by atoms with Crippen LogP contribution in [0.1, 0.15) is 15.4 Å². The van der Waals surface area contributed by atoms with Crippen molar-refractivity contribution < 1.29 is 18.1 Å². The molecule has 0 fully saturated rings. The Morgan fingerprint density at radius 3 is 2.71 bits per heavy atom. The maximum atomic E-state index is 11.8. The van der Waals surface area contributed by atoms with E-state index in [0.717, 1.165) is 23.6 Å². The molecule has 0 radical (unpaired) electrons. The maximum absolute atomic E-state index is 11.8. The van der Waals surface area contributed by atoms with E-state index in [0.29, 0.717) is 4.88 Å². The normalized spacial score (nSPS) is 11.3. The lowest BCUT2D eigenvalue weighted by atomic mass is 10.3. The summed E-state index contributed by atoms with van der Waals surface area (Å²) in [7, 11) is -3.75. The summed E-state index contributed by atoms with van der Waals surface area (Å²) in [6.07, 6.45) is 1.11. The number of rotatable bonds is 5. The molecule has 9 nitrogen and oxygen atoms in total. The van der Waals surface area contributed by atoms with Crippen molar-refractivity contribution in [1.82, 2.24) is 10.3 Å². The van der Waals surface area contributed by atoms with Crippen molar-refractivity contribution in [1.29, 1.82) is 0 Å². The highest BCUT2D eigenvalue weighted by atomic mass is 32.2. The quantitative estimate of drug-likeness (QED) is 0.541. The van der Waals surface area contributed by atoms with Gasteiger partial charge in [-0.05, 0) is 12.1 Å². The molecule has 1 amide bonds. The summed E-state index contributed by atoms with van der Waals surface area (Å²) in [6, 6.07) is 3.99. The van der Waals surface area contributed by atoms with Crippen molar-refractivity contribution in [3.63, 3.8) is 0 Å². The standard InChI is InChI=1S/C10H10N4O5S2/c11-21(18,19)9-2-1-7(20-9)5-13-10(15)8-3-6(4-12-8)14(16)17/h1-4,12H,5H2,(H,13,15)(H2,11,18,19). The summed E-state index contributed by atoms with van der Waals surface area (Å²) >= 11 is 0.941. The smallest absolute Gasteiger partial charge is 0.287 e. The van der Waals surface area contributed by atoms with E-state index in [-0.39, 0.29) is 22.1 Å². The number of nitro groups is 1. The van der Waals surface area contributed by atoms with Gasteiger partial charge in [0.1, 0.15) is 9.90 Å². The molecule has 11 heteroatoms. The molecule has 0 bridgehead atoms. The number of hydrogen-bond acceptors (Lipinski definition) is 6. The van der Waals surface area contributed by atoms with Gasteiger partial charge in [-0.25, -0.2) is 13.6 Å². The predicted octanol–water partition coefficient (Wildman–Crippen LogP) is 0.562. The van der Waals surface area contributed by atoms with Crippen LogP contribution in [0, 0.1) is 10.1 Å². The number of nitrogens with one attached hydrogen (secondary N) is 2. The van der Waals surface area contributed by atoms with Crippen LogP contribution < -0.4 is 10.5 Å². The summed E-state index contributed by atoms with van der Waals surface area (Å²) in [4.78, 5) is 24.7. The summed E-state index contributed by atoms with van der Waals surface area (Å²) < 4.78 is 22.2. The van der Waals surface area contributed by atoms with E-state index in [9.17, 15) is 23.3 Å². The van der Waals surface area contributed by atoms with E-state index >= 15 is 0 Å². The molecule has 0 spiro atoms. The van der Waals surface area contributed by atoms with Crippen molar-refractivity contribution in [3.05, 3.63) is 45.1 Å². The number of amides is 1. The Kier molecular flexibility index (Phi) is 4.06. The summed E-state index contributed by atoms with van der Waals surface area (Å²) in [6.45, 7) is 0.0891. The average Bonchev–Trinajstić information content (AvgIpc) is 3.04. The maximum Gasteiger partial charge on any atom is 0.287 e. The molecule has 0 saturated heterocycles. The number of hydrogen-bond donors (Lipinski definition) is 3. The number of nitrogens with two attached hydrogens (primary N) is 1. The molecule has 2 heterocycles. The molecular weight excluding hydrogens is 320 g/mol. The number of aromatic amines is 1. The van der Waals surface area contributed by atoms with E-state index < -0.39 is 20.9 Å². The summed E-state index contributed by atoms with van der Waals surface area (Å²) in [5.41, 5.74) is -0.169. The van der Waals surface area contributed by atoms with Crippen LogP contribution >= 0.6 is 11.3 Å². The SMILES string of the molecule is NS(=O)(=O)c1ccc(CNC(=O)c2cc([N+](=O)[O-])c[nH]2)s1. The Labute approximate surface area is 123 Å². The molecular formula is C10H10N4O5S2. The summed E-state index contributed by atoms with van der Waals surface area (Å²) in [5.74, 6) is -0.534. The second-order valence-electron chi connectivity index (χ2n) is 3.98. The van der Waals surface area contributed by atoms with E-state index in [2.05, 4.69) is 10.3 Å². The third-order valence-electron chi connectivity index (χ3n) is 2.46. The van der Waals surface area contributed by atoms with Crippen molar-refractivity contribution in [2.24, 2.45) is 5.14 Å². The Hall–Kier alpha value is -2.24. The van der Waals surface area contributed by atoms with Crippen LogP contribution in [0.4, 0.5) is 5.69 Å². The lowest BCUT2D eigenvalue weighted by Gasteiger charge is -2.00. The van der Waals surface area contributed by atoms with Crippen molar-refractivity contribution in [2.75, 3.05) is 0 Å². The van der Waals surface area contributed by atoms with Gasteiger partial charge in [0, 0.05) is 10.9 Å². The molecule has 2 rings (SSSR count). The zero-order chi connectivity index (χ0) is 15.6. The van der Waals surface area contributed by atoms with Crippen LogP contribution in [0.3, 0.4) is 0 Å². The number of primary sulfonamides is 1. The van der Waals surface area contributed by atoms with Gasteiger partial charge in [-0.15, -0.1) is 11.3 Å². The van der Waals surface area contributed by atoms with Gasteiger partial charge < -0.3 is 10.3 Å². The Morgan fingerprint density at radius 2 is 2.19 bits per heavy atom. The fourth-order valence-electron chi connectivity index (χ4n) is 1.49. The second-order valence-corrected chi connectivity index (χ2v) is 6.93. The zero-order valence-corrected chi connectivity index (χ0v) is 12.0. The van der Waals surface area contributed by atoms with E-state index in [1.54, 1.807) is 0 Å². The highest BCUT2D eigenvalue weighted by Gasteiger charge is 2.15. The number of nitrogens with zero attached hydrogens (tertiary/aromatic N) is 1. The van der Waals surface area contributed by atoms with Gasteiger partial charge in [0.15, 0.2) is 0 Å². The van der Waals surface area contributed by atoms with Crippen LogP contribution in [-0.4, -0.2) is 24.2 Å². The molecule has 4 N–H and O–H groups in total. The van der Waals surface area contributed by atoms with Gasteiger partial charge in [0.05, 0.1) is 17.7 Å². The van der Waals surface area contributed by atoms with Gasteiger partial charge in [0.2, 0.25) is 10.0 Å². The minimum absolute atomic E-state index is 0.00209. The molecule has 2 aromatic rings. The van der Waals surface area contributed by atoms with Gasteiger partial charge >= 0.3 is 0 Å². The molecule has 0 aromatic carbocycles. The van der Waals surface area contributed by atoms with Gasteiger partial charge in [-0.1, -0.05) is 0 Å². The van der Waals surface area contributed by atoms with Gasteiger partial charge in [-0.3, -0.25) is 14.9 Å². The minimum atomic E-state index is -3.75. The van der Waals surface area contributed by atoms with Crippen molar-refractivity contribution >= 4 is 33.0 Å². The monoisotopic (exact) mass is 330 g/mol. The molecule has 112 valence electrons. The van der Waals surface area contributed by atoms with Crippen molar-refractivity contribution in [3.8, 4) is 0 Å². The van der Waals surface area contributed by atoms with Crippen LogP contribution in [0.15, 0.2) is 28.6 Å². The lowest BCUT2D eigenvalue weighted by Crippen LogP contribution is -2.22. The van der Waals surface area contributed by atoms with Gasteiger partial charge in [-0.2, -0.15) is 0 Å². The molecule has 2 aromatic heterocycles. The molecule has 0 aliphatic heterocycles. The van der Waals surface area contributed by atoms with Crippen LogP contribution in [0.5, 0.6) is 0 Å². The molecule has 0 atom stereocenters. The highest BCUT2D eigenvalue weighted by molar-refractivity contribution is 7.91. The van der Waals surface area contributed by atoms with Gasteiger partial charge in [0.25, 0.3) is 11.6 Å². The fraction of sp³-hybridized carbons (Fsp3) is 0.100. The van der Waals surface area contributed by atoms with E-state index in [1.165, 1.54) is 12.1 Å². The Balaban J connectivity index is 2.00. The average molecular weight is 330 g/mol. The Bertz CT molecular complexity index is 792. The first-order valence-electron chi connectivity index (χ1n) is 5.50. The van der Waals surface area contributed by atoms with Crippen LogP contribution in [-0.2, 0) is 16.6 Å². The second kappa shape index (κ2) is 5.63. The van der Waals surface area contributed by atoms with E-state index in [1.807, 2.05) is 0 Å². The highest BCUT2D eigenvalue weighted by Crippen LogP contribution is 2.20. The van der Waals surface area contributed by atoms with Crippen molar-refractivity contribution in [2.45, 2.75) is 10.8 Å². The molecule has 0 aliphatic rings. The predicted molar refractivity (Wildman–Crippen MR) is 74.3 cm³/mol. The first-order chi connectivity index (χ1) is 9.77. The summed E-state index contributed by atoms with van der Waals surface area (Å²) in [5, 5.41) is 18.0. The first-order valence-corrected chi connectivity index (χ1v) is 7.86.